The van der Waals surface area contributed by atoms with Gasteiger partial charge in [-0.15, -0.1) is 0 Å². The van der Waals surface area contributed by atoms with Crippen molar-refractivity contribution in [3.05, 3.63) is 29.8 Å². The lowest BCUT2D eigenvalue weighted by atomic mass is 10.2. The molecule has 1 aliphatic heterocycles. The van der Waals surface area contributed by atoms with Gasteiger partial charge in [0.1, 0.15) is 11.4 Å². The third-order valence-corrected chi connectivity index (χ3v) is 4.13. The van der Waals surface area contributed by atoms with Gasteiger partial charge in [-0.3, -0.25) is 0 Å². The molecule has 0 saturated carbocycles. The van der Waals surface area contributed by atoms with Crippen molar-refractivity contribution < 1.29 is 23.0 Å². The number of benzene rings is 1. The predicted molar refractivity (Wildman–Crippen MR) is 107 cm³/mol. The van der Waals surface area contributed by atoms with Crippen LogP contribution in [-0.4, -0.2) is 54.8 Å². The van der Waals surface area contributed by atoms with Crippen molar-refractivity contribution in [3.63, 3.8) is 0 Å². The van der Waals surface area contributed by atoms with Gasteiger partial charge < -0.3 is 25.0 Å². The third-order valence-electron chi connectivity index (χ3n) is 4.13. The molecule has 2 N–H and O–H groups in total. The molecular formula is C20H30F2N4O3. The van der Waals surface area contributed by atoms with Crippen molar-refractivity contribution in [2.24, 2.45) is 4.99 Å². The van der Waals surface area contributed by atoms with Crippen LogP contribution in [0.5, 0.6) is 5.75 Å². The molecule has 1 saturated heterocycles. The van der Waals surface area contributed by atoms with Crippen LogP contribution in [0.1, 0.15) is 39.7 Å². The molecular weight excluding hydrogens is 382 g/mol. The number of nitrogens with zero attached hydrogens (tertiary/aromatic N) is 2. The molecule has 1 aromatic rings. The number of nitrogens with one attached hydrogen (secondary N) is 2. The van der Waals surface area contributed by atoms with E-state index in [0.717, 1.165) is 6.42 Å². The zero-order chi connectivity index (χ0) is 21.4. The first-order valence-electron chi connectivity index (χ1n) is 9.73. The van der Waals surface area contributed by atoms with Crippen molar-refractivity contribution >= 4 is 12.1 Å². The van der Waals surface area contributed by atoms with E-state index in [-0.39, 0.29) is 18.3 Å². The molecule has 1 atom stereocenters. The quantitative estimate of drug-likeness (QED) is 0.554. The first-order chi connectivity index (χ1) is 13.7. The highest BCUT2D eigenvalue weighted by atomic mass is 19.3. The molecule has 0 bridgehead atoms. The standard InChI is InChI=1S/C20H30F2N4O3/c1-5-23-18(24-12-14-8-6-7-9-16(14)28-17(21)22)26-11-10-15(13-26)25-19(27)29-20(2,3)4/h6-9,15,17H,5,10-13H2,1-4H3,(H,23,24)(H,25,27). The van der Waals surface area contributed by atoms with Gasteiger partial charge in [0.05, 0.1) is 12.6 Å². The highest BCUT2D eigenvalue weighted by Gasteiger charge is 2.27. The zero-order valence-electron chi connectivity index (χ0n) is 17.4. The fourth-order valence-corrected chi connectivity index (χ4v) is 2.98. The second-order valence-electron chi connectivity index (χ2n) is 7.73. The highest BCUT2D eigenvalue weighted by Crippen LogP contribution is 2.21. The number of guanidine groups is 1. The average Bonchev–Trinajstić information content (AvgIpc) is 3.05. The number of likely N-dealkylation sites (tertiary alicyclic amines) is 1. The fraction of sp³-hybridized carbons (Fsp3) is 0.600. The number of halogens is 2. The summed E-state index contributed by atoms with van der Waals surface area (Å²) in [6.07, 6.45) is 0.318. The Morgan fingerprint density at radius 1 is 1.34 bits per heavy atom. The number of alkyl carbamates (subject to hydrolysis) is 1. The summed E-state index contributed by atoms with van der Waals surface area (Å²) < 4.78 is 35.1. The molecule has 1 unspecified atom stereocenters. The van der Waals surface area contributed by atoms with Crippen LogP contribution >= 0.6 is 0 Å². The maximum absolute atomic E-state index is 12.6. The van der Waals surface area contributed by atoms with E-state index in [0.29, 0.717) is 31.2 Å². The van der Waals surface area contributed by atoms with Gasteiger partial charge in [0, 0.05) is 25.2 Å². The molecule has 9 heteroatoms. The van der Waals surface area contributed by atoms with Crippen LogP contribution in [0.2, 0.25) is 0 Å². The van der Waals surface area contributed by atoms with E-state index in [1.54, 1.807) is 18.2 Å². The topological polar surface area (TPSA) is 75.2 Å². The Kier molecular flexibility index (Phi) is 8.04. The number of hydrogen-bond acceptors (Lipinski definition) is 4. The average molecular weight is 412 g/mol. The maximum atomic E-state index is 12.6. The van der Waals surface area contributed by atoms with Gasteiger partial charge in [-0.1, -0.05) is 18.2 Å². The van der Waals surface area contributed by atoms with Crippen molar-refractivity contribution in [1.29, 1.82) is 0 Å². The van der Waals surface area contributed by atoms with E-state index in [4.69, 9.17) is 4.74 Å². The van der Waals surface area contributed by atoms with Gasteiger partial charge >= 0.3 is 12.7 Å². The summed E-state index contributed by atoms with van der Waals surface area (Å²) >= 11 is 0. The summed E-state index contributed by atoms with van der Waals surface area (Å²) in [5.41, 5.74) is 0.0257. The number of hydrogen-bond donors (Lipinski definition) is 2. The van der Waals surface area contributed by atoms with Crippen LogP contribution in [0, 0.1) is 0 Å². The Bertz CT molecular complexity index is 707. The van der Waals surface area contributed by atoms with Gasteiger partial charge in [0.15, 0.2) is 5.96 Å². The Morgan fingerprint density at radius 2 is 2.07 bits per heavy atom. The van der Waals surface area contributed by atoms with Crippen molar-refractivity contribution in [3.8, 4) is 5.75 Å². The molecule has 0 aliphatic carbocycles. The number of alkyl halides is 2. The summed E-state index contributed by atoms with van der Waals surface area (Å²) in [6.45, 7) is 6.68. The molecule has 162 valence electrons. The largest absolute Gasteiger partial charge is 0.444 e. The lowest BCUT2D eigenvalue weighted by Gasteiger charge is -2.23. The first-order valence-corrected chi connectivity index (χ1v) is 9.73. The van der Waals surface area contributed by atoms with E-state index < -0.39 is 18.3 Å². The van der Waals surface area contributed by atoms with Crippen LogP contribution in [0.4, 0.5) is 13.6 Å². The monoisotopic (exact) mass is 412 g/mol. The SMILES string of the molecule is CCNC(=NCc1ccccc1OC(F)F)N1CCC(NC(=O)OC(C)(C)C)C1. The van der Waals surface area contributed by atoms with Crippen LogP contribution < -0.4 is 15.4 Å². The number of carbonyl (C=O) groups is 1. The Morgan fingerprint density at radius 3 is 2.72 bits per heavy atom. The molecule has 1 heterocycles. The Labute approximate surface area is 170 Å². The second kappa shape index (κ2) is 10.3. The number of amides is 1. The van der Waals surface area contributed by atoms with Crippen LogP contribution in [0.3, 0.4) is 0 Å². The minimum Gasteiger partial charge on any atom is -0.444 e. The molecule has 0 aromatic heterocycles. The summed E-state index contributed by atoms with van der Waals surface area (Å²) in [5.74, 6) is 0.779. The summed E-state index contributed by atoms with van der Waals surface area (Å²) in [7, 11) is 0. The summed E-state index contributed by atoms with van der Waals surface area (Å²) in [4.78, 5) is 18.6. The molecule has 1 amide bonds. The normalized spacial score (nSPS) is 17.4. The number of aliphatic imine (C=N–C) groups is 1. The number of para-hydroxylation sites is 1. The Hall–Kier alpha value is -2.58. The number of carbonyl (C=O) groups excluding carboxylic acids is 1. The summed E-state index contributed by atoms with van der Waals surface area (Å²) in [6, 6.07) is 6.56. The van der Waals surface area contributed by atoms with E-state index in [2.05, 4.69) is 20.4 Å². The van der Waals surface area contributed by atoms with E-state index in [1.165, 1.54) is 6.07 Å². The van der Waals surface area contributed by atoms with Crippen molar-refractivity contribution in [2.75, 3.05) is 19.6 Å². The van der Waals surface area contributed by atoms with Gasteiger partial charge in [0.25, 0.3) is 0 Å². The number of ether oxygens (including phenoxy) is 2. The van der Waals surface area contributed by atoms with E-state index in [9.17, 15) is 13.6 Å². The highest BCUT2D eigenvalue weighted by molar-refractivity contribution is 5.80. The summed E-state index contributed by atoms with van der Waals surface area (Å²) in [5, 5.41) is 6.09. The zero-order valence-corrected chi connectivity index (χ0v) is 17.4. The second-order valence-corrected chi connectivity index (χ2v) is 7.73. The molecule has 1 aromatic carbocycles. The smallest absolute Gasteiger partial charge is 0.407 e. The van der Waals surface area contributed by atoms with Gasteiger partial charge in [-0.25, -0.2) is 9.79 Å². The van der Waals surface area contributed by atoms with Crippen LogP contribution in [-0.2, 0) is 11.3 Å². The Balaban J connectivity index is 2.00. The first kappa shape index (κ1) is 22.7. The minimum atomic E-state index is -2.88. The van der Waals surface area contributed by atoms with Crippen molar-refractivity contribution in [2.45, 2.75) is 58.9 Å². The predicted octanol–water partition coefficient (Wildman–Crippen LogP) is 3.35. The lowest BCUT2D eigenvalue weighted by Crippen LogP contribution is -2.44. The van der Waals surface area contributed by atoms with E-state index in [1.807, 2.05) is 32.6 Å². The van der Waals surface area contributed by atoms with Gasteiger partial charge in [0.2, 0.25) is 0 Å². The fourth-order valence-electron chi connectivity index (χ4n) is 2.98. The van der Waals surface area contributed by atoms with Crippen LogP contribution in [0.25, 0.3) is 0 Å². The molecule has 2 rings (SSSR count). The maximum Gasteiger partial charge on any atom is 0.407 e. The van der Waals surface area contributed by atoms with Gasteiger partial charge in [-0.05, 0) is 40.2 Å². The molecule has 0 spiro atoms. The number of rotatable bonds is 6. The minimum absolute atomic E-state index is 0.0526. The van der Waals surface area contributed by atoms with Crippen molar-refractivity contribution in [1.82, 2.24) is 15.5 Å². The van der Waals surface area contributed by atoms with Crippen LogP contribution in [0.15, 0.2) is 29.3 Å². The lowest BCUT2D eigenvalue weighted by molar-refractivity contribution is -0.0504. The molecule has 1 aliphatic rings. The van der Waals surface area contributed by atoms with Gasteiger partial charge in [-0.2, -0.15) is 8.78 Å². The molecule has 29 heavy (non-hydrogen) atoms. The molecule has 0 radical (unpaired) electrons. The molecule has 7 nitrogen and oxygen atoms in total. The van der Waals surface area contributed by atoms with E-state index >= 15 is 0 Å². The third kappa shape index (κ3) is 7.75. The molecule has 1 fully saturated rings.